The lowest BCUT2D eigenvalue weighted by molar-refractivity contribution is -0.128. The summed E-state index contributed by atoms with van der Waals surface area (Å²) >= 11 is 5.06. The van der Waals surface area contributed by atoms with Crippen LogP contribution in [0.2, 0.25) is 0 Å². The molecule has 0 aromatic carbocycles. The van der Waals surface area contributed by atoms with Crippen LogP contribution in [0.15, 0.2) is 15.9 Å². The summed E-state index contributed by atoms with van der Waals surface area (Å²) in [4.78, 5) is 0. The standard InChI is InChI=1S/C9H12BrNO2S/c10-7-1-2-8(14-7)11-3-9(4-12)5-13-6-9/h1-2,11-12H,3-6H2. The van der Waals surface area contributed by atoms with Crippen molar-refractivity contribution in [2.45, 2.75) is 0 Å². The molecule has 2 heterocycles. The first-order valence-corrected chi connectivity index (χ1v) is 6.03. The summed E-state index contributed by atoms with van der Waals surface area (Å²) in [5, 5.41) is 13.6. The van der Waals surface area contributed by atoms with Gasteiger partial charge in [-0.15, -0.1) is 11.3 Å². The van der Waals surface area contributed by atoms with Crippen LogP contribution in [0.1, 0.15) is 0 Å². The van der Waals surface area contributed by atoms with E-state index in [4.69, 9.17) is 4.74 Å². The van der Waals surface area contributed by atoms with E-state index in [9.17, 15) is 5.11 Å². The first kappa shape index (κ1) is 10.4. The first-order valence-electron chi connectivity index (χ1n) is 4.42. The van der Waals surface area contributed by atoms with Crippen LogP contribution in [0.3, 0.4) is 0 Å². The normalized spacial score (nSPS) is 19.0. The van der Waals surface area contributed by atoms with Crippen LogP contribution >= 0.6 is 27.3 Å². The number of hydrogen-bond donors (Lipinski definition) is 2. The molecule has 0 spiro atoms. The lowest BCUT2D eigenvalue weighted by atomic mass is 9.87. The molecule has 0 aliphatic carbocycles. The van der Waals surface area contributed by atoms with Crippen molar-refractivity contribution in [3.63, 3.8) is 0 Å². The molecule has 1 aliphatic rings. The summed E-state index contributed by atoms with van der Waals surface area (Å²) in [5.74, 6) is 0. The molecule has 5 heteroatoms. The molecule has 3 nitrogen and oxygen atoms in total. The van der Waals surface area contributed by atoms with E-state index >= 15 is 0 Å². The van der Waals surface area contributed by atoms with Gasteiger partial charge in [-0.3, -0.25) is 0 Å². The number of ether oxygens (including phenoxy) is 1. The average molecular weight is 278 g/mol. The molecular weight excluding hydrogens is 266 g/mol. The quantitative estimate of drug-likeness (QED) is 0.884. The highest BCUT2D eigenvalue weighted by molar-refractivity contribution is 9.11. The fourth-order valence-electron chi connectivity index (χ4n) is 1.32. The Labute approximate surface area is 95.2 Å². The maximum atomic E-state index is 9.19. The molecule has 2 N–H and O–H groups in total. The number of aliphatic hydroxyl groups excluding tert-OH is 1. The molecule has 2 rings (SSSR count). The number of halogens is 1. The van der Waals surface area contributed by atoms with Gasteiger partial charge >= 0.3 is 0 Å². The molecule has 0 unspecified atom stereocenters. The molecule has 1 aromatic rings. The third-order valence-corrected chi connectivity index (χ3v) is 3.94. The molecule has 0 radical (unpaired) electrons. The van der Waals surface area contributed by atoms with E-state index in [0.29, 0.717) is 13.2 Å². The van der Waals surface area contributed by atoms with Crippen LogP contribution in [0.4, 0.5) is 5.00 Å². The maximum absolute atomic E-state index is 9.19. The minimum Gasteiger partial charge on any atom is -0.396 e. The molecule has 78 valence electrons. The Hall–Kier alpha value is -0.100. The predicted octanol–water partition coefficient (Wildman–Crippen LogP) is 1.93. The van der Waals surface area contributed by atoms with Gasteiger partial charge in [-0.2, -0.15) is 0 Å². The van der Waals surface area contributed by atoms with E-state index in [2.05, 4.69) is 21.2 Å². The molecule has 1 saturated heterocycles. The van der Waals surface area contributed by atoms with Crippen molar-refractivity contribution in [3.8, 4) is 0 Å². The van der Waals surface area contributed by atoms with Gasteiger partial charge in [-0.05, 0) is 28.1 Å². The second-order valence-electron chi connectivity index (χ2n) is 3.61. The Morgan fingerprint density at radius 3 is 2.79 bits per heavy atom. The summed E-state index contributed by atoms with van der Waals surface area (Å²) in [6.07, 6.45) is 0. The van der Waals surface area contributed by atoms with E-state index in [1.54, 1.807) is 11.3 Å². The highest BCUT2D eigenvalue weighted by Gasteiger charge is 2.37. The van der Waals surface area contributed by atoms with Crippen LogP contribution < -0.4 is 5.32 Å². The SMILES string of the molecule is OCC1(CNc2ccc(Br)s2)COC1. The molecule has 0 saturated carbocycles. The molecule has 0 atom stereocenters. The number of hydrogen-bond acceptors (Lipinski definition) is 4. The third kappa shape index (κ3) is 2.11. The molecule has 14 heavy (non-hydrogen) atoms. The molecular formula is C9H12BrNO2S. The highest BCUT2D eigenvalue weighted by Crippen LogP contribution is 2.30. The van der Waals surface area contributed by atoms with Crippen molar-refractivity contribution in [2.24, 2.45) is 5.41 Å². The van der Waals surface area contributed by atoms with Crippen molar-refractivity contribution in [3.05, 3.63) is 15.9 Å². The average Bonchev–Trinajstić information content (AvgIpc) is 2.50. The monoisotopic (exact) mass is 277 g/mol. The summed E-state index contributed by atoms with van der Waals surface area (Å²) in [5.41, 5.74) is -0.0591. The van der Waals surface area contributed by atoms with Crippen molar-refractivity contribution >= 4 is 32.3 Å². The fourth-order valence-corrected chi connectivity index (χ4v) is 2.61. The Kier molecular flexibility index (Phi) is 3.11. The van der Waals surface area contributed by atoms with Gasteiger partial charge in [0.2, 0.25) is 0 Å². The smallest absolute Gasteiger partial charge is 0.0894 e. The zero-order valence-corrected chi connectivity index (χ0v) is 10.0. The molecule has 1 fully saturated rings. The number of thiophene rings is 1. The molecule has 0 bridgehead atoms. The van der Waals surface area contributed by atoms with Gasteiger partial charge in [0.1, 0.15) is 0 Å². The first-order chi connectivity index (χ1) is 6.74. The number of nitrogens with one attached hydrogen (secondary N) is 1. The van der Waals surface area contributed by atoms with E-state index in [1.807, 2.05) is 12.1 Å². The van der Waals surface area contributed by atoms with Gasteiger partial charge in [0.25, 0.3) is 0 Å². The molecule has 1 aliphatic heterocycles. The van der Waals surface area contributed by atoms with Crippen molar-refractivity contribution in [2.75, 3.05) is 31.7 Å². The van der Waals surface area contributed by atoms with Crippen LogP contribution in [0.25, 0.3) is 0 Å². The topological polar surface area (TPSA) is 41.5 Å². The largest absolute Gasteiger partial charge is 0.396 e. The second kappa shape index (κ2) is 4.18. The fraction of sp³-hybridized carbons (Fsp3) is 0.556. The van der Waals surface area contributed by atoms with Gasteiger partial charge in [-0.1, -0.05) is 0 Å². The van der Waals surface area contributed by atoms with Gasteiger partial charge in [0.05, 0.1) is 34.0 Å². The maximum Gasteiger partial charge on any atom is 0.0894 e. The Balaban J connectivity index is 1.87. The minimum atomic E-state index is -0.0591. The minimum absolute atomic E-state index is 0.0591. The molecule has 0 amide bonds. The zero-order chi connectivity index (χ0) is 10.0. The van der Waals surface area contributed by atoms with E-state index in [-0.39, 0.29) is 12.0 Å². The lowest BCUT2D eigenvalue weighted by Crippen LogP contribution is -2.50. The number of aliphatic hydroxyl groups is 1. The second-order valence-corrected chi connectivity index (χ2v) is 6.07. The van der Waals surface area contributed by atoms with Crippen LogP contribution in [0, 0.1) is 5.41 Å². The van der Waals surface area contributed by atoms with Gasteiger partial charge < -0.3 is 15.2 Å². The Bertz CT molecular complexity index is 306. The predicted molar refractivity (Wildman–Crippen MR) is 60.8 cm³/mol. The lowest BCUT2D eigenvalue weighted by Gasteiger charge is -2.39. The summed E-state index contributed by atoms with van der Waals surface area (Å²) in [6.45, 7) is 2.27. The number of anilines is 1. The zero-order valence-electron chi connectivity index (χ0n) is 7.62. The third-order valence-electron chi connectivity index (χ3n) is 2.36. The van der Waals surface area contributed by atoms with Crippen LogP contribution in [-0.4, -0.2) is 31.5 Å². The Morgan fingerprint density at radius 2 is 2.36 bits per heavy atom. The summed E-state index contributed by atoms with van der Waals surface area (Å²) in [7, 11) is 0. The van der Waals surface area contributed by atoms with Crippen LogP contribution in [0.5, 0.6) is 0 Å². The highest BCUT2D eigenvalue weighted by atomic mass is 79.9. The molecule has 1 aromatic heterocycles. The van der Waals surface area contributed by atoms with Crippen LogP contribution in [-0.2, 0) is 4.74 Å². The van der Waals surface area contributed by atoms with Crippen molar-refractivity contribution < 1.29 is 9.84 Å². The van der Waals surface area contributed by atoms with Gasteiger partial charge in [0, 0.05) is 6.54 Å². The van der Waals surface area contributed by atoms with Gasteiger partial charge in [-0.25, -0.2) is 0 Å². The van der Waals surface area contributed by atoms with E-state index in [1.165, 1.54) is 0 Å². The van der Waals surface area contributed by atoms with E-state index < -0.39 is 0 Å². The van der Waals surface area contributed by atoms with Crippen molar-refractivity contribution in [1.82, 2.24) is 0 Å². The Morgan fingerprint density at radius 1 is 1.57 bits per heavy atom. The van der Waals surface area contributed by atoms with E-state index in [0.717, 1.165) is 15.3 Å². The van der Waals surface area contributed by atoms with Gasteiger partial charge in [0.15, 0.2) is 0 Å². The number of rotatable bonds is 4. The summed E-state index contributed by atoms with van der Waals surface area (Å²) < 4.78 is 6.23. The van der Waals surface area contributed by atoms with Crippen molar-refractivity contribution in [1.29, 1.82) is 0 Å². The summed E-state index contributed by atoms with van der Waals surface area (Å²) in [6, 6.07) is 4.04.